The summed E-state index contributed by atoms with van der Waals surface area (Å²) in [4.78, 5) is 0. The van der Waals surface area contributed by atoms with E-state index in [1.165, 1.54) is 0 Å². The van der Waals surface area contributed by atoms with Crippen LogP contribution in [-0.4, -0.2) is 13.6 Å². The summed E-state index contributed by atoms with van der Waals surface area (Å²) in [6.45, 7) is 1.13. The van der Waals surface area contributed by atoms with Crippen molar-refractivity contribution >= 4 is 0 Å². The SMILES string of the molecule is c1cc2c(c3c1OCOC3)OCO2. The van der Waals surface area contributed by atoms with Crippen molar-refractivity contribution in [1.82, 2.24) is 0 Å². The molecule has 0 spiro atoms. The van der Waals surface area contributed by atoms with Crippen LogP contribution in [0.25, 0.3) is 0 Å². The van der Waals surface area contributed by atoms with Gasteiger partial charge < -0.3 is 18.9 Å². The van der Waals surface area contributed by atoms with Crippen LogP contribution in [-0.2, 0) is 11.3 Å². The highest BCUT2D eigenvalue weighted by Gasteiger charge is 2.23. The highest BCUT2D eigenvalue weighted by atomic mass is 16.7. The summed E-state index contributed by atoms with van der Waals surface area (Å²) in [5, 5.41) is 0. The lowest BCUT2D eigenvalue weighted by molar-refractivity contribution is -0.0175. The number of hydrogen-bond acceptors (Lipinski definition) is 4. The van der Waals surface area contributed by atoms with Crippen LogP contribution in [0.2, 0.25) is 0 Å². The lowest BCUT2D eigenvalue weighted by Gasteiger charge is -2.18. The molecule has 0 radical (unpaired) electrons. The number of benzene rings is 1. The first-order valence-corrected chi connectivity index (χ1v) is 4.07. The van der Waals surface area contributed by atoms with Crippen molar-refractivity contribution in [1.29, 1.82) is 0 Å². The predicted molar refractivity (Wildman–Crippen MR) is 42.8 cm³/mol. The third-order valence-electron chi connectivity index (χ3n) is 2.14. The molecule has 4 nitrogen and oxygen atoms in total. The summed E-state index contributed by atoms with van der Waals surface area (Å²) in [6.07, 6.45) is 0. The van der Waals surface area contributed by atoms with E-state index in [9.17, 15) is 0 Å². The quantitative estimate of drug-likeness (QED) is 0.602. The highest BCUT2D eigenvalue weighted by Crippen LogP contribution is 2.42. The summed E-state index contributed by atoms with van der Waals surface area (Å²) in [7, 11) is 0. The Morgan fingerprint density at radius 3 is 2.77 bits per heavy atom. The first-order chi connectivity index (χ1) is 6.45. The molecule has 0 N–H and O–H groups in total. The molecule has 0 unspecified atom stereocenters. The molecule has 0 atom stereocenters. The number of fused-ring (bicyclic) bond motifs is 3. The summed E-state index contributed by atoms with van der Waals surface area (Å²) in [6, 6.07) is 3.73. The minimum Gasteiger partial charge on any atom is -0.467 e. The molecule has 1 aromatic rings. The van der Waals surface area contributed by atoms with Gasteiger partial charge in [0.25, 0.3) is 0 Å². The smallest absolute Gasteiger partial charge is 0.231 e. The zero-order valence-electron chi connectivity index (χ0n) is 6.91. The molecule has 0 saturated carbocycles. The van der Waals surface area contributed by atoms with Gasteiger partial charge >= 0.3 is 0 Å². The maximum absolute atomic E-state index is 5.31. The van der Waals surface area contributed by atoms with Gasteiger partial charge in [0.05, 0.1) is 12.2 Å². The fourth-order valence-corrected chi connectivity index (χ4v) is 1.53. The maximum atomic E-state index is 5.31. The summed E-state index contributed by atoms with van der Waals surface area (Å²) >= 11 is 0. The Bertz CT molecular complexity index is 348. The number of rotatable bonds is 0. The Morgan fingerprint density at radius 2 is 1.77 bits per heavy atom. The van der Waals surface area contributed by atoms with Crippen molar-refractivity contribution in [2.45, 2.75) is 6.61 Å². The van der Waals surface area contributed by atoms with Crippen molar-refractivity contribution in [2.24, 2.45) is 0 Å². The summed E-state index contributed by atoms with van der Waals surface area (Å²) in [5.74, 6) is 2.36. The molecular weight excluding hydrogens is 172 g/mol. The molecule has 2 aliphatic heterocycles. The molecule has 0 fully saturated rings. The van der Waals surface area contributed by atoms with Gasteiger partial charge in [-0.1, -0.05) is 0 Å². The second-order valence-corrected chi connectivity index (χ2v) is 2.89. The standard InChI is InChI=1S/C9H8O4/c1-2-8-9(13-5-12-8)6-3-10-4-11-7(1)6/h1-2H,3-5H2. The third kappa shape index (κ3) is 0.954. The molecule has 0 aromatic heterocycles. The summed E-state index contributed by atoms with van der Waals surface area (Å²) < 4.78 is 21.0. The molecule has 0 aliphatic carbocycles. The minimum absolute atomic E-state index is 0.284. The van der Waals surface area contributed by atoms with E-state index in [4.69, 9.17) is 18.9 Å². The van der Waals surface area contributed by atoms with E-state index < -0.39 is 0 Å². The zero-order chi connectivity index (χ0) is 8.67. The van der Waals surface area contributed by atoms with Gasteiger partial charge in [-0.05, 0) is 12.1 Å². The first-order valence-electron chi connectivity index (χ1n) is 4.07. The fraction of sp³-hybridized carbons (Fsp3) is 0.333. The Labute approximate surface area is 75.0 Å². The van der Waals surface area contributed by atoms with Gasteiger partial charge in [0, 0.05) is 0 Å². The van der Waals surface area contributed by atoms with Crippen LogP contribution in [0.3, 0.4) is 0 Å². The summed E-state index contributed by atoms with van der Waals surface area (Å²) in [5.41, 5.74) is 0.946. The molecule has 2 aliphatic rings. The van der Waals surface area contributed by atoms with Crippen LogP contribution in [0.15, 0.2) is 12.1 Å². The van der Waals surface area contributed by atoms with E-state index >= 15 is 0 Å². The molecule has 68 valence electrons. The van der Waals surface area contributed by atoms with Crippen molar-refractivity contribution in [3.05, 3.63) is 17.7 Å². The topological polar surface area (TPSA) is 36.9 Å². The van der Waals surface area contributed by atoms with E-state index in [0.29, 0.717) is 13.4 Å². The van der Waals surface area contributed by atoms with Gasteiger partial charge in [-0.25, -0.2) is 0 Å². The van der Waals surface area contributed by atoms with Crippen molar-refractivity contribution in [2.75, 3.05) is 13.6 Å². The molecule has 1 aromatic carbocycles. The second kappa shape index (κ2) is 2.53. The van der Waals surface area contributed by atoms with Crippen molar-refractivity contribution in [3.8, 4) is 17.2 Å². The normalized spacial score (nSPS) is 17.8. The second-order valence-electron chi connectivity index (χ2n) is 2.89. The van der Waals surface area contributed by atoms with Gasteiger partial charge in [-0.2, -0.15) is 0 Å². The van der Waals surface area contributed by atoms with Crippen LogP contribution in [0.5, 0.6) is 17.2 Å². The zero-order valence-corrected chi connectivity index (χ0v) is 6.91. The molecule has 13 heavy (non-hydrogen) atoms. The van der Waals surface area contributed by atoms with Crippen molar-refractivity contribution in [3.63, 3.8) is 0 Å². The molecular formula is C9H8O4. The van der Waals surface area contributed by atoms with E-state index in [1.807, 2.05) is 12.1 Å². The average molecular weight is 180 g/mol. The van der Waals surface area contributed by atoms with Crippen LogP contribution in [0.4, 0.5) is 0 Å². The highest BCUT2D eigenvalue weighted by molar-refractivity contribution is 5.55. The Morgan fingerprint density at radius 1 is 0.923 bits per heavy atom. The van der Waals surface area contributed by atoms with Gasteiger partial charge in [0.2, 0.25) is 6.79 Å². The molecule has 0 amide bonds. The van der Waals surface area contributed by atoms with Crippen LogP contribution >= 0.6 is 0 Å². The average Bonchev–Trinajstić information content (AvgIpc) is 2.65. The van der Waals surface area contributed by atoms with Crippen LogP contribution in [0.1, 0.15) is 5.56 Å². The van der Waals surface area contributed by atoms with Gasteiger partial charge in [-0.3, -0.25) is 0 Å². The first kappa shape index (κ1) is 7.03. The molecule has 0 bridgehead atoms. The number of hydrogen-bond donors (Lipinski definition) is 0. The van der Waals surface area contributed by atoms with E-state index in [1.54, 1.807) is 0 Å². The Kier molecular flexibility index (Phi) is 1.37. The lowest BCUT2D eigenvalue weighted by atomic mass is 10.1. The van der Waals surface area contributed by atoms with Gasteiger partial charge in [-0.15, -0.1) is 0 Å². The van der Waals surface area contributed by atoms with Crippen molar-refractivity contribution < 1.29 is 18.9 Å². The van der Waals surface area contributed by atoms with E-state index in [-0.39, 0.29) is 6.79 Å². The third-order valence-corrected chi connectivity index (χ3v) is 2.14. The molecule has 2 heterocycles. The van der Waals surface area contributed by atoms with E-state index in [2.05, 4.69) is 0 Å². The van der Waals surface area contributed by atoms with Crippen LogP contribution < -0.4 is 14.2 Å². The number of ether oxygens (including phenoxy) is 4. The maximum Gasteiger partial charge on any atom is 0.231 e. The molecule has 3 rings (SSSR count). The largest absolute Gasteiger partial charge is 0.467 e. The molecule has 0 saturated heterocycles. The predicted octanol–water partition coefficient (Wildman–Crippen LogP) is 1.28. The van der Waals surface area contributed by atoms with Gasteiger partial charge in [0.15, 0.2) is 18.3 Å². The van der Waals surface area contributed by atoms with E-state index in [0.717, 1.165) is 22.8 Å². The monoisotopic (exact) mass is 180 g/mol. The Balaban J connectivity index is 2.17. The van der Waals surface area contributed by atoms with Crippen LogP contribution in [0, 0.1) is 0 Å². The fourth-order valence-electron chi connectivity index (χ4n) is 1.53. The molecule has 4 heteroatoms. The Hall–Kier alpha value is -1.42. The van der Waals surface area contributed by atoms with Gasteiger partial charge in [0.1, 0.15) is 5.75 Å². The minimum atomic E-state index is 0.284. The lowest BCUT2D eigenvalue weighted by Crippen LogP contribution is -2.11.